The van der Waals surface area contributed by atoms with Crippen molar-refractivity contribution in [3.05, 3.63) is 84.5 Å². The van der Waals surface area contributed by atoms with Gasteiger partial charge in [-0.25, -0.2) is 0 Å². The summed E-state index contributed by atoms with van der Waals surface area (Å²) in [4.78, 5) is 1.49. The maximum atomic E-state index is 6.58. The van der Waals surface area contributed by atoms with Gasteiger partial charge in [0.25, 0.3) is 0 Å². The monoisotopic (exact) mass is 456 g/mol. The Morgan fingerprint density at radius 3 is 2.63 bits per heavy atom. The molecule has 0 spiro atoms. The zero-order valence-corrected chi connectivity index (χ0v) is 18.3. The quantitative estimate of drug-likeness (QED) is 0.424. The van der Waals surface area contributed by atoms with Crippen LogP contribution in [0.5, 0.6) is 0 Å². The van der Waals surface area contributed by atoms with E-state index in [1.54, 1.807) is 11.1 Å². The smallest absolute Gasteiger partial charge is 0.0708 e. The highest BCUT2D eigenvalue weighted by atomic mass is 79.9. The molecule has 1 heterocycles. The molecule has 1 unspecified atom stereocenters. The summed E-state index contributed by atoms with van der Waals surface area (Å²) in [6.07, 6.45) is 15.1. The summed E-state index contributed by atoms with van der Waals surface area (Å²) in [5.41, 5.74) is 7.00. The largest absolute Gasteiger partial charge is 0.132 e. The molecule has 1 aromatic heterocycles. The average molecular weight is 458 g/mol. The number of fused-ring (bicyclic) bond motifs is 3. The molecule has 0 saturated heterocycles. The molecule has 0 amide bonds. The number of benzene rings is 1. The Hall–Kier alpha value is -1.09. The van der Waals surface area contributed by atoms with Gasteiger partial charge in [0.1, 0.15) is 0 Å². The number of thiophene rings is 1. The van der Waals surface area contributed by atoms with E-state index in [-0.39, 0.29) is 0 Å². The lowest BCUT2D eigenvalue weighted by Crippen LogP contribution is -2.14. The van der Waals surface area contributed by atoms with Crippen molar-refractivity contribution in [3.63, 3.8) is 0 Å². The molecule has 3 aliphatic rings. The maximum absolute atomic E-state index is 6.58. The molecule has 3 aliphatic carbocycles. The minimum Gasteiger partial charge on any atom is -0.132 e. The zero-order chi connectivity index (χ0) is 18.4. The second kappa shape index (κ2) is 7.39. The molecule has 5 rings (SSSR count). The lowest BCUT2D eigenvalue weighted by molar-refractivity contribution is 0.394. The molecule has 3 heteroatoms. The van der Waals surface area contributed by atoms with Gasteiger partial charge in [-0.15, -0.1) is 11.3 Å². The lowest BCUT2D eigenvalue weighted by Gasteiger charge is -2.28. The van der Waals surface area contributed by atoms with E-state index in [1.165, 1.54) is 51.9 Å². The first-order valence-electron chi connectivity index (χ1n) is 9.87. The molecule has 0 N–H and O–H groups in total. The minimum absolute atomic E-state index is 0.468. The third-order valence-corrected chi connectivity index (χ3v) is 8.29. The van der Waals surface area contributed by atoms with Gasteiger partial charge in [0.2, 0.25) is 0 Å². The van der Waals surface area contributed by atoms with Gasteiger partial charge in [-0.2, -0.15) is 0 Å². The van der Waals surface area contributed by atoms with Crippen LogP contribution in [0.2, 0.25) is 5.02 Å². The van der Waals surface area contributed by atoms with Gasteiger partial charge in [0.15, 0.2) is 0 Å². The first kappa shape index (κ1) is 18.0. The van der Waals surface area contributed by atoms with E-state index in [0.717, 1.165) is 22.9 Å². The van der Waals surface area contributed by atoms with Crippen LogP contribution in [0, 0.1) is 5.92 Å². The predicted molar refractivity (Wildman–Crippen MR) is 121 cm³/mol. The highest BCUT2D eigenvalue weighted by Gasteiger charge is 2.35. The summed E-state index contributed by atoms with van der Waals surface area (Å²) >= 11 is 12.3. The van der Waals surface area contributed by atoms with Crippen LogP contribution in [-0.2, 0) is 0 Å². The predicted octanol–water partition coefficient (Wildman–Crippen LogP) is 8.53. The van der Waals surface area contributed by atoms with Gasteiger partial charge >= 0.3 is 0 Å². The van der Waals surface area contributed by atoms with Crippen LogP contribution in [0.15, 0.2) is 63.5 Å². The molecule has 1 saturated carbocycles. The van der Waals surface area contributed by atoms with Crippen LogP contribution in [-0.4, -0.2) is 0 Å². The van der Waals surface area contributed by atoms with Crippen molar-refractivity contribution in [1.29, 1.82) is 0 Å². The molecule has 0 bridgehead atoms. The summed E-state index contributed by atoms with van der Waals surface area (Å²) in [7, 11) is 0. The van der Waals surface area contributed by atoms with Crippen molar-refractivity contribution in [2.75, 3.05) is 0 Å². The summed E-state index contributed by atoms with van der Waals surface area (Å²) in [5, 5.41) is 0.834. The van der Waals surface area contributed by atoms with E-state index < -0.39 is 0 Å². The molecule has 2 aromatic rings. The molecule has 0 radical (unpaired) electrons. The molecule has 1 atom stereocenters. The maximum Gasteiger partial charge on any atom is 0.0708 e. The average Bonchev–Trinajstić information content (AvgIpc) is 3.24. The van der Waals surface area contributed by atoms with Gasteiger partial charge in [-0.1, -0.05) is 78.4 Å². The van der Waals surface area contributed by atoms with Crippen LogP contribution in [0.4, 0.5) is 0 Å². The first-order valence-corrected chi connectivity index (χ1v) is 11.9. The molecule has 0 aliphatic heterocycles. The van der Waals surface area contributed by atoms with Gasteiger partial charge < -0.3 is 0 Å². The Kier molecular flexibility index (Phi) is 4.92. The summed E-state index contributed by atoms with van der Waals surface area (Å²) in [5.74, 6) is 1.23. The summed E-state index contributed by atoms with van der Waals surface area (Å²) in [6, 6.07) is 10.5. The van der Waals surface area contributed by atoms with Crippen LogP contribution in [0.1, 0.15) is 60.4 Å². The number of allylic oxidation sites excluding steroid dienone is 5. The van der Waals surface area contributed by atoms with Crippen LogP contribution >= 0.6 is 38.9 Å². The number of rotatable bonds is 2. The third kappa shape index (κ3) is 3.20. The molecular weight excluding hydrogens is 436 g/mol. The Bertz CT molecular complexity index is 972. The Morgan fingerprint density at radius 2 is 1.81 bits per heavy atom. The Labute approximate surface area is 178 Å². The summed E-state index contributed by atoms with van der Waals surface area (Å²) < 4.78 is 1.21. The zero-order valence-electron chi connectivity index (χ0n) is 15.2. The minimum atomic E-state index is 0.468. The highest BCUT2D eigenvalue weighted by molar-refractivity contribution is 9.11. The van der Waals surface area contributed by atoms with Crippen molar-refractivity contribution in [3.8, 4) is 0 Å². The van der Waals surface area contributed by atoms with Crippen LogP contribution in [0.25, 0.3) is 5.57 Å². The second-order valence-electron chi connectivity index (χ2n) is 7.81. The van der Waals surface area contributed by atoms with Crippen molar-refractivity contribution in [2.24, 2.45) is 5.92 Å². The molecule has 1 aromatic carbocycles. The summed E-state index contributed by atoms with van der Waals surface area (Å²) in [6.45, 7) is 0. The lowest BCUT2D eigenvalue weighted by atomic mass is 9.77. The standard InChI is InChI=1S/C24H22BrClS/c25-22-14-20-18(19-8-4-5-9-21(19)26)13-11-16-10-12-17(23(16)24(20)27-22)15-6-2-1-3-7-15/h4-5,8-10,12-15,23H,1-3,6-7,11H2. The van der Waals surface area contributed by atoms with Crippen molar-refractivity contribution >= 4 is 44.4 Å². The fraction of sp³-hybridized carbons (Fsp3) is 0.333. The van der Waals surface area contributed by atoms with Gasteiger partial charge in [0, 0.05) is 21.4 Å². The van der Waals surface area contributed by atoms with Crippen molar-refractivity contribution < 1.29 is 0 Å². The van der Waals surface area contributed by atoms with E-state index in [1.807, 2.05) is 23.5 Å². The molecule has 1 fully saturated rings. The van der Waals surface area contributed by atoms with Gasteiger partial charge in [-0.05, 0) is 64.4 Å². The fourth-order valence-electron chi connectivity index (χ4n) is 4.99. The Morgan fingerprint density at radius 1 is 1.00 bits per heavy atom. The third-order valence-electron chi connectivity index (χ3n) is 6.26. The number of halogens is 2. The highest BCUT2D eigenvalue weighted by Crippen LogP contribution is 2.53. The molecule has 27 heavy (non-hydrogen) atoms. The molecular formula is C24H22BrClS. The van der Waals surface area contributed by atoms with E-state index >= 15 is 0 Å². The van der Waals surface area contributed by atoms with Gasteiger partial charge in [-0.3, -0.25) is 0 Å². The molecule has 138 valence electrons. The Balaban J connectivity index is 1.61. The molecule has 0 nitrogen and oxygen atoms in total. The number of hydrogen-bond acceptors (Lipinski definition) is 1. The number of hydrogen-bond donors (Lipinski definition) is 0. The van der Waals surface area contributed by atoms with Crippen molar-refractivity contribution in [2.45, 2.75) is 44.4 Å². The first-order chi connectivity index (χ1) is 13.2. The van der Waals surface area contributed by atoms with E-state index in [2.05, 4.69) is 52.4 Å². The van der Waals surface area contributed by atoms with Crippen molar-refractivity contribution in [1.82, 2.24) is 0 Å². The second-order valence-corrected chi connectivity index (χ2v) is 10.7. The van der Waals surface area contributed by atoms with Gasteiger partial charge in [0.05, 0.1) is 3.79 Å². The van der Waals surface area contributed by atoms with E-state index in [9.17, 15) is 0 Å². The van der Waals surface area contributed by atoms with Crippen LogP contribution in [0.3, 0.4) is 0 Å². The fourth-order valence-corrected chi connectivity index (χ4v) is 7.05. The normalized spacial score (nSPS) is 22.4. The SMILES string of the molecule is Clc1ccccc1C1=CCC2=CC=C(C3CCCCC3)C2c2sc(Br)cc21. The van der Waals surface area contributed by atoms with Crippen LogP contribution < -0.4 is 0 Å². The topological polar surface area (TPSA) is 0 Å². The van der Waals surface area contributed by atoms with E-state index in [0.29, 0.717) is 5.92 Å². The van der Waals surface area contributed by atoms with E-state index in [4.69, 9.17) is 11.6 Å².